The Morgan fingerprint density at radius 1 is 1.29 bits per heavy atom. The van der Waals surface area contributed by atoms with Crippen LogP contribution in [0.3, 0.4) is 0 Å². The van der Waals surface area contributed by atoms with E-state index in [2.05, 4.69) is 21.2 Å². The van der Waals surface area contributed by atoms with Gasteiger partial charge >= 0.3 is 0 Å². The number of hydrogen-bond acceptors (Lipinski definition) is 3. The number of ether oxygens (including phenoxy) is 2. The molecule has 17 heavy (non-hydrogen) atoms. The zero-order valence-corrected chi connectivity index (χ0v) is 11.6. The smallest absolute Gasteiger partial charge is 0.137 e. The monoisotopic (exact) mass is 305 g/mol. The molecule has 0 spiro atoms. The van der Waals surface area contributed by atoms with E-state index in [0.717, 1.165) is 11.3 Å². The first kappa shape index (κ1) is 14.4. The van der Waals surface area contributed by atoms with Gasteiger partial charge < -0.3 is 14.8 Å². The van der Waals surface area contributed by atoms with Gasteiger partial charge in [0.15, 0.2) is 0 Å². The predicted octanol–water partition coefficient (Wildman–Crippen LogP) is 2.97. The molecule has 1 rings (SSSR count). The number of aryl methyl sites for hydroxylation is 1. The van der Waals surface area contributed by atoms with Crippen molar-refractivity contribution in [3.05, 3.63) is 28.0 Å². The quantitative estimate of drug-likeness (QED) is 0.786. The molecule has 0 aliphatic heterocycles. The average Bonchev–Trinajstić information content (AvgIpc) is 2.30. The Kier molecular flexibility index (Phi) is 6.47. The van der Waals surface area contributed by atoms with Crippen LogP contribution in [0.5, 0.6) is 0 Å². The van der Waals surface area contributed by atoms with Crippen molar-refractivity contribution in [3.8, 4) is 0 Å². The zero-order valence-electron chi connectivity index (χ0n) is 10.1. The van der Waals surface area contributed by atoms with E-state index >= 15 is 0 Å². The van der Waals surface area contributed by atoms with Crippen molar-refractivity contribution < 1.29 is 13.9 Å². The van der Waals surface area contributed by atoms with Crippen molar-refractivity contribution in [2.45, 2.75) is 6.92 Å². The minimum atomic E-state index is -0.246. The summed E-state index contributed by atoms with van der Waals surface area (Å²) in [6.07, 6.45) is 0. The first-order valence-corrected chi connectivity index (χ1v) is 6.20. The van der Waals surface area contributed by atoms with E-state index in [1.54, 1.807) is 13.2 Å². The second-order valence-corrected chi connectivity index (χ2v) is 4.47. The van der Waals surface area contributed by atoms with E-state index in [9.17, 15) is 4.39 Å². The number of rotatable bonds is 7. The van der Waals surface area contributed by atoms with Crippen LogP contribution in [0, 0.1) is 12.7 Å². The maximum Gasteiger partial charge on any atom is 0.137 e. The highest BCUT2D eigenvalue weighted by molar-refractivity contribution is 9.10. The second kappa shape index (κ2) is 7.63. The summed E-state index contributed by atoms with van der Waals surface area (Å²) in [5.74, 6) is -0.246. The molecule has 0 saturated carbocycles. The van der Waals surface area contributed by atoms with Gasteiger partial charge in [0.05, 0.1) is 24.3 Å². The highest BCUT2D eigenvalue weighted by Crippen LogP contribution is 2.23. The molecule has 3 nitrogen and oxygen atoms in total. The number of nitrogens with one attached hydrogen (secondary N) is 1. The van der Waals surface area contributed by atoms with Gasteiger partial charge in [-0.3, -0.25) is 0 Å². The molecule has 0 amide bonds. The summed E-state index contributed by atoms with van der Waals surface area (Å²) >= 11 is 3.16. The predicted molar refractivity (Wildman–Crippen MR) is 70.0 cm³/mol. The van der Waals surface area contributed by atoms with Crippen LogP contribution in [0.2, 0.25) is 0 Å². The van der Waals surface area contributed by atoms with Crippen molar-refractivity contribution >= 4 is 21.6 Å². The number of methoxy groups -OCH3 is 1. The lowest BCUT2D eigenvalue weighted by Gasteiger charge is -2.10. The van der Waals surface area contributed by atoms with E-state index in [1.807, 2.05) is 6.92 Å². The Bertz CT molecular complexity index is 361. The van der Waals surface area contributed by atoms with Crippen molar-refractivity contribution in [3.63, 3.8) is 0 Å². The molecule has 0 unspecified atom stereocenters. The minimum Gasteiger partial charge on any atom is -0.382 e. The molecule has 0 radical (unpaired) electrons. The Balaban J connectivity index is 2.34. The fourth-order valence-corrected chi connectivity index (χ4v) is 1.68. The van der Waals surface area contributed by atoms with E-state index in [1.165, 1.54) is 6.07 Å². The molecular formula is C12H17BrFNO2. The van der Waals surface area contributed by atoms with Gasteiger partial charge in [-0.2, -0.15) is 0 Å². The number of anilines is 1. The molecule has 0 saturated heterocycles. The summed E-state index contributed by atoms with van der Waals surface area (Å²) in [6.45, 7) is 4.33. The van der Waals surface area contributed by atoms with Crippen LogP contribution in [0.1, 0.15) is 5.56 Å². The maximum absolute atomic E-state index is 13.2. The molecule has 5 heteroatoms. The molecule has 0 aliphatic rings. The topological polar surface area (TPSA) is 30.5 Å². The summed E-state index contributed by atoms with van der Waals surface area (Å²) in [5.41, 5.74) is 1.79. The van der Waals surface area contributed by atoms with Crippen LogP contribution in [0.25, 0.3) is 0 Å². The molecule has 1 aromatic rings. The summed E-state index contributed by atoms with van der Waals surface area (Å²) in [7, 11) is 1.64. The number of halogens is 2. The Morgan fingerprint density at radius 3 is 2.76 bits per heavy atom. The lowest BCUT2D eigenvalue weighted by atomic mass is 10.2. The summed E-state index contributed by atoms with van der Waals surface area (Å²) in [4.78, 5) is 0. The molecule has 1 aromatic carbocycles. The number of hydrogen-bond donors (Lipinski definition) is 1. The molecule has 0 aliphatic carbocycles. The van der Waals surface area contributed by atoms with Crippen molar-refractivity contribution in [1.29, 1.82) is 0 Å². The highest BCUT2D eigenvalue weighted by atomic mass is 79.9. The fraction of sp³-hybridized carbons (Fsp3) is 0.500. The second-order valence-electron chi connectivity index (χ2n) is 3.61. The van der Waals surface area contributed by atoms with Crippen LogP contribution in [-0.4, -0.2) is 33.5 Å². The van der Waals surface area contributed by atoms with Gasteiger partial charge in [-0.15, -0.1) is 0 Å². The van der Waals surface area contributed by atoms with Crippen LogP contribution in [0.15, 0.2) is 16.6 Å². The lowest BCUT2D eigenvalue weighted by Crippen LogP contribution is -2.12. The van der Waals surface area contributed by atoms with Crippen LogP contribution in [-0.2, 0) is 9.47 Å². The molecule has 96 valence electrons. The summed E-state index contributed by atoms with van der Waals surface area (Å²) in [6, 6.07) is 3.23. The first-order chi connectivity index (χ1) is 8.15. The lowest BCUT2D eigenvalue weighted by molar-refractivity contribution is 0.0759. The van der Waals surface area contributed by atoms with Gasteiger partial charge in [-0.25, -0.2) is 4.39 Å². The minimum absolute atomic E-state index is 0.246. The van der Waals surface area contributed by atoms with E-state index < -0.39 is 0 Å². The van der Waals surface area contributed by atoms with Gasteiger partial charge in [0.2, 0.25) is 0 Å². The summed E-state index contributed by atoms with van der Waals surface area (Å²) in [5, 5.41) is 3.20. The molecule has 1 N–H and O–H groups in total. The highest BCUT2D eigenvalue weighted by Gasteiger charge is 2.04. The van der Waals surface area contributed by atoms with E-state index in [-0.39, 0.29) is 5.82 Å². The third-order valence-corrected chi connectivity index (χ3v) is 2.87. The van der Waals surface area contributed by atoms with Gasteiger partial charge in [0.1, 0.15) is 5.82 Å². The van der Waals surface area contributed by atoms with Gasteiger partial charge in [-0.05, 0) is 40.5 Å². The van der Waals surface area contributed by atoms with Crippen LogP contribution >= 0.6 is 15.9 Å². The maximum atomic E-state index is 13.2. The van der Waals surface area contributed by atoms with Crippen molar-refractivity contribution in [2.24, 2.45) is 0 Å². The van der Waals surface area contributed by atoms with Gasteiger partial charge in [0, 0.05) is 19.3 Å². The van der Waals surface area contributed by atoms with Gasteiger partial charge in [-0.1, -0.05) is 0 Å². The Morgan fingerprint density at radius 2 is 2.06 bits per heavy atom. The Labute approximate surface area is 109 Å². The molecule has 0 aromatic heterocycles. The van der Waals surface area contributed by atoms with Crippen LogP contribution in [0.4, 0.5) is 10.1 Å². The fourth-order valence-electron chi connectivity index (χ4n) is 1.34. The first-order valence-electron chi connectivity index (χ1n) is 5.41. The molecular weight excluding hydrogens is 289 g/mol. The largest absolute Gasteiger partial charge is 0.382 e. The molecule has 0 atom stereocenters. The third kappa shape index (κ3) is 5.02. The number of benzene rings is 1. The molecule has 0 fully saturated rings. The van der Waals surface area contributed by atoms with Crippen molar-refractivity contribution in [2.75, 3.05) is 38.8 Å². The van der Waals surface area contributed by atoms with Crippen LogP contribution < -0.4 is 5.32 Å². The van der Waals surface area contributed by atoms with Crippen molar-refractivity contribution in [1.82, 2.24) is 0 Å². The average molecular weight is 306 g/mol. The standard InChI is InChI=1S/C12H17BrFNO2/c1-9-7-11(14)10(13)8-12(9)15-3-4-17-6-5-16-2/h7-8,15H,3-6H2,1-2H3. The zero-order chi connectivity index (χ0) is 12.7. The Hall–Kier alpha value is -0.650. The summed E-state index contributed by atoms with van der Waals surface area (Å²) < 4.78 is 23.8. The third-order valence-electron chi connectivity index (χ3n) is 2.26. The SMILES string of the molecule is COCCOCCNc1cc(Br)c(F)cc1C. The van der Waals surface area contributed by atoms with Gasteiger partial charge in [0.25, 0.3) is 0 Å². The molecule has 0 heterocycles. The van der Waals surface area contributed by atoms with E-state index in [4.69, 9.17) is 9.47 Å². The normalized spacial score (nSPS) is 10.6. The molecule has 0 bridgehead atoms. The van der Waals surface area contributed by atoms with E-state index in [0.29, 0.717) is 30.8 Å².